The molecule has 0 radical (unpaired) electrons. The third kappa shape index (κ3) is 5.06. The van der Waals surface area contributed by atoms with Crippen LogP contribution in [-0.4, -0.2) is 27.5 Å². The number of benzene rings is 3. The number of hydrogen-bond donors (Lipinski definition) is 1. The van der Waals surface area contributed by atoms with Crippen LogP contribution >= 0.6 is 11.8 Å². The van der Waals surface area contributed by atoms with Gasteiger partial charge in [0, 0.05) is 29.5 Å². The molecule has 3 aromatic carbocycles. The standard InChI is InChI=1S/C27H25FN4O3S/c1-17(2)25-30-31-27(32(25)21-10-8-20(28)9-11-21)36-15-19-5-3-4-6-22(19)26(33)29-14-18-7-12-23-24(13-18)35-16-34-23/h3-13,17H,14-16H2,1-2H3,(H,29,33). The molecule has 36 heavy (non-hydrogen) atoms. The Hall–Kier alpha value is -3.85. The van der Waals surface area contributed by atoms with E-state index in [1.165, 1.54) is 23.9 Å². The Morgan fingerprint density at radius 1 is 1.06 bits per heavy atom. The summed E-state index contributed by atoms with van der Waals surface area (Å²) in [4.78, 5) is 13.1. The molecule has 5 rings (SSSR count). The molecule has 1 amide bonds. The average molecular weight is 505 g/mol. The number of amides is 1. The molecule has 2 heterocycles. The van der Waals surface area contributed by atoms with Crippen LogP contribution in [0, 0.1) is 5.82 Å². The highest BCUT2D eigenvalue weighted by Gasteiger charge is 2.19. The van der Waals surface area contributed by atoms with E-state index in [-0.39, 0.29) is 24.4 Å². The smallest absolute Gasteiger partial charge is 0.251 e. The molecule has 4 aromatic rings. The number of hydrogen-bond acceptors (Lipinski definition) is 6. The lowest BCUT2D eigenvalue weighted by Crippen LogP contribution is -2.23. The first-order valence-electron chi connectivity index (χ1n) is 11.6. The Kier molecular flexibility index (Phi) is 6.90. The summed E-state index contributed by atoms with van der Waals surface area (Å²) in [5.74, 6) is 2.38. The topological polar surface area (TPSA) is 78.3 Å². The van der Waals surface area contributed by atoms with Crippen molar-refractivity contribution in [3.05, 3.63) is 95.1 Å². The zero-order chi connectivity index (χ0) is 25.1. The lowest BCUT2D eigenvalue weighted by molar-refractivity contribution is 0.0950. The maximum atomic E-state index is 13.5. The van der Waals surface area contributed by atoms with E-state index in [0.717, 1.165) is 22.6 Å². The van der Waals surface area contributed by atoms with E-state index in [2.05, 4.69) is 15.5 Å². The van der Waals surface area contributed by atoms with Crippen molar-refractivity contribution < 1.29 is 18.7 Å². The van der Waals surface area contributed by atoms with Crippen LogP contribution in [0.3, 0.4) is 0 Å². The van der Waals surface area contributed by atoms with Gasteiger partial charge in [-0.05, 0) is 53.6 Å². The first-order valence-corrected chi connectivity index (χ1v) is 12.6. The number of carbonyl (C=O) groups is 1. The minimum Gasteiger partial charge on any atom is -0.454 e. The van der Waals surface area contributed by atoms with Gasteiger partial charge in [-0.15, -0.1) is 10.2 Å². The molecule has 1 N–H and O–H groups in total. The molecule has 0 fully saturated rings. The largest absolute Gasteiger partial charge is 0.454 e. The summed E-state index contributed by atoms with van der Waals surface area (Å²) < 4.78 is 26.2. The number of thioether (sulfide) groups is 1. The Morgan fingerprint density at radius 2 is 1.83 bits per heavy atom. The second-order valence-electron chi connectivity index (χ2n) is 8.62. The van der Waals surface area contributed by atoms with Crippen LogP contribution in [0.4, 0.5) is 4.39 Å². The molecule has 0 aliphatic carbocycles. The van der Waals surface area contributed by atoms with E-state index in [1.54, 1.807) is 12.1 Å². The predicted octanol–water partition coefficient (Wildman–Crippen LogP) is 5.48. The predicted molar refractivity (Wildman–Crippen MR) is 135 cm³/mol. The van der Waals surface area contributed by atoms with Gasteiger partial charge in [-0.25, -0.2) is 4.39 Å². The summed E-state index contributed by atoms with van der Waals surface area (Å²) in [6, 6.07) is 19.4. The summed E-state index contributed by atoms with van der Waals surface area (Å²) in [6.07, 6.45) is 0. The molecule has 184 valence electrons. The van der Waals surface area contributed by atoms with Gasteiger partial charge in [-0.3, -0.25) is 9.36 Å². The molecule has 9 heteroatoms. The van der Waals surface area contributed by atoms with Gasteiger partial charge in [-0.1, -0.05) is 49.9 Å². The fraction of sp³-hybridized carbons (Fsp3) is 0.222. The molecular formula is C27H25FN4O3S. The van der Waals surface area contributed by atoms with Gasteiger partial charge >= 0.3 is 0 Å². The van der Waals surface area contributed by atoms with Gasteiger partial charge in [-0.2, -0.15) is 0 Å². The highest BCUT2D eigenvalue weighted by molar-refractivity contribution is 7.98. The van der Waals surface area contributed by atoms with Gasteiger partial charge in [0.15, 0.2) is 16.7 Å². The van der Waals surface area contributed by atoms with Crippen LogP contribution in [0.2, 0.25) is 0 Å². The van der Waals surface area contributed by atoms with Crippen LogP contribution in [0.15, 0.2) is 71.9 Å². The van der Waals surface area contributed by atoms with E-state index in [4.69, 9.17) is 9.47 Å². The van der Waals surface area contributed by atoms with Gasteiger partial charge < -0.3 is 14.8 Å². The lowest BCUT2D eigenvalue weighted by atomic mass is 10.1. The molecule has 1 aliphatic rings. The second kappa shape index (κ2) is 10.4. The van der Waals surface area contributed by atoms with E-state index in [0.29, 0.717) is 34.5 Å². The van der Waals surface area contributed by atoms with E-state index >= 15 is 0 Å². The molecule has 0 spiro atoms. The Balaban J connectivity index is 1.31. The Bertz CT molecular complexity index is 1390. The van der Waals surface area contributed by atoms with Crippen molar-refractivity contribution in [1.82, 2.24) is 20.1 Å². The molecule has 1 aliphatic heterocycles. The van der Waals surface area contributed by atoms with E-state index in [9.17, 15) is 9.18 Å². The molecule has 1 aromatic heterocycles. The fourth-order valence-corrected chi connectivity index (χ4v) is 4.88. The van der Waals surface area contributed by atoms with Crippen LogP contribution in [0.25, 0.3) is 5.69 Å². The van der Waals surface area contributed by atoms with Crippen molar-refractivity contribution in [2.45, 2.75) is 37.2 Å². The number of halogens is 1. The van der Waals surface area contributed by atoms with Crippen molar-refractivity contribution in [3.8, 4) is 17.2 Å². The van der Waals surface area contributed by atoms with Crippen LogP contribution in [0.5, 0.6) is 11.5 Å². The lowest BCUT2D eigenvalue weighted by Gasteiger charge is -2.13. The van der Waals surface area contributed by atoms with Crippen molar-refractivity contribution in [2.24, 2.45) is 0 Å². The normalized spacial score (nSPS) is 12.2. The maximum Gasteiger partial charge on any atom is 0.251 e. The number of ether oxygens (including phenoxy) is 2. The van der Waals surface area contributed by atoms with Crippen molar-refractivity contribution in [2.75, 3.05) is 6.79 Å². The maximum absolute atomic E-state index is 13.5. The third-order valence-corrected chi connectivity index (χ3v) is 6.75. The third-order valence-electron chi connectivity index (χ3n) is 5.77. The van der Waals surface area contributed by atoms with Gasteiger partial charge in [0.05, 0.1) is 0 Å². The quantitative estimate of drug-likeness (QED) is 0.320. The second-order valence-corrected chi connectivity index (χ2v) is 9.57. The van der Waals surface area contributed by atoms with Crippen molar-refractivity contribution in [3.63, 3.8) is 0 Å². The summed E-state index contributed by atoms with van der Waals surface area (Å²) in [5, 5.41) is 12.4. The number of carbonyl (C=O) groups excluding carboxylic acids is 1. The van der Waals surface area contributed by atoms with E-state index < -0.39 is 0 Å². The SMILES string of the molecule is CC(C)c1nnc(SCc2ccccc2C(=O)NCc2ccc3c(c2)OCO3)n1-c1ccc(F)cc1. The average Bonchev–Trinajstić information content (AvgIpc) is 3.53. The first-order chi connectivity index (χ1) is 17.5. The molecule has 0 saturated carbocycles. The molecule has 0 bridgehead atoms. The van der Waals surface area contributed by atoms with Crippen molar-refractivity contribution in [1.29, 1.82) is 0 Å². The van der Waals surface area contributed by atoms with Crippen LogP contribution < -0.4 is 14.8 Å². The molecular weight excluding hydrogens is 479 g/mol. The number of nitrogens with zero attached hydrogens (tertiary/aromatic N) is 3. The number of fused-ring (bicyclic) bond motifs is 1. The molecule has 0 atom stereocenters. The number of aromatic nitrogens is 3. The molecule has 7 nitrogen and oxygen atoms in total. The highest BCUT2D eigenvalue weighted by atomic mass is 32.2. The summed E-state index contributed by atoms with van der Waals surface area (Å²) >= 11 is 1.48. The van der Waals surface area contributed by atoms with Gasteiger partial charge in [0.25, 0.3) is 5.91 Å². The Morgan fingerprint density at radius 3 is 2.64 bits per heavy atom. The number of nitrogens with one attached hydrogen (secondary N) is 1. The van der Waals surface area contributed by atoms with Crippen LogP contribution in [-0.2, 0) is 12.3 Å². The summed E-state index contributed by atoms with van der Waals surface area (Å²) in [6.45, 7) is 4.66. The zero-order valence-corrected chi connectivity index (χ0v) is 20.7. The van der Waals surface area contributed by atoms with Crippen LogP contribution in [0.1, 0.15) is 47.1 Å². The van der Waals surface area contributed by atoms with Gasteiger partial charge in [0.2, 0.25) is 6.79 Å². The Labute approximate surface area is 212 Å². The fourth-order valence-electron chi connectivity index (χ4n) is 3.92. The first kappa shape index (κ1) is 23.9. The van der Waals surface area contributed by atoms with Gasteiger partial charge in [0.1, 0.15) is 11.6 Å². The van der Waals surface area contributed by atoms with E-state index in [1.807, 2.05) is 60.9 Å². The summed E-state index contributed by atoms with van der Waals surface area (Å²) in [7, 11) is 0. The highest BCUT2D eigenvalue weighted by Crippen LogP contribution is 2.32. The minimum absolute atomic E-state index is 0.131. The molecule has 0 saturated heterocycles. The van der Waals surface area contributed by atoms with Crippen molar-refractivity contribution >= 4 is 17.7 Å². The monoisotopic (exact) mass is 504 g/mol. The number of rotatable bonds is 8. The molecule has 0 unspecified atom stereocenters. The summed E-state index contributed by atoms with van der Waals surface area (Å²) in [5.41, 5.74) is 3.20. The zero-order valence-electron chi connectivity index (χ0n) is 19.9. The minimum atomic E-state index is -0.298.